The lowest BCUT2D eigenvalue weighted by atomic mass is 9.72. The Labute approximate surface area is 191 Å². The summed E-state index contributed by atoms with van der Waals surface area (Å²) in [6, 6.07) is 9.41. The summed E-state index contributed by atoms with van der Waals surface area (Å²) in [5.41, 5.74) is 5.67. The monoisotopic (exact) mass is 449 g/mol. The Hall–Kier alpha value is -1.12. The number of rotatable bonds is 9. The SMILES string of the molecule is CC(C)(CO)NC(=O)[C@@H]1CC2CCCCC2CN1CC(O)C(N)CSc1ccccc1. The number of thioether (sulfide) groups is 1. The van der Waals surface area contributed by atoms with Crippen LogP contribution in [0.4, 0.5) is 0 Å². The van der Waals surface area contributed by atoms with E-state index in [9.17, 15) is 15.0 Å². The van der Waals surface area contributed by atoms with E-state index in [2.05, 4.69) is 10.2 Å². The number of β-amino-alcohol motifs (C(OH)–C–C–N with tert-alkyl or cyclic N) is 1. The average Bonchev–Trinajstić information content (AvgIpc) is 2.77. The van der Waals surface area contributed by atoms with Gasteiger partial charge in [-0.3, -0.25) is 9.69 Å². The van der Waals surface area contributed by atoms with Crippen LogP contribution in [0.1, 0.15) is 46.0 Å². The summed E-state index contributed by atoms with van der Waals surface area (Å²) in [5, 5.41) is 23.5. The number of nitrogens with zero attached hydrogens (tertiary/aromatic N) is 1. The third kappa shape index (κ3) is 6.93. The van der Waals surface area contributed by atoms with Crippen LogP contribution in [0.5, 0.6) is 0 Å². The van der Waals surface area contributed by atoms with E-state index in [1.54, 1.807) is 11.8 Å². The summed E-state index contributed by atoms with van der Waals surface area (Å²) in [7, 11) is 0. The molecule has 2 fully saturated rings. The van der Waals surface area contributed by atoms with Gasteiger partial charge in [0, 0.05) is 29.8 Å². The first-order chi connectivity index (χ1) is 14.8. The predicted octanol–water partition coefficient (Wildman–Crippen LogP) is 2.23. The Bertz CT molecular complexity index is 703. The lowest BCUT2D eigenvalue weighted by Gasteiger charge is -2.47. The molecule has 5 N–H and O–H groups in total. The van der Waals surface area contributed by atoms with E-state index >= 15 is 0 Å². The van der Waals surface area contributed by atoms with Gasteiger partial charge in [-0.05, 0) is 50.7 Å². The molecular formula is C24H39N3O3S. The zero-order valence-corrected chi connectivity index (χ0v) is 19.7. The third-order valence-electron chi connectivity index (χ3n) is 6.76. The van der Waals surface area contributed by atoms with E-state index in [1.165, 1.54) is 25.7 Å². The van der Waals surface area contributed by atoms with Crippen molar-refractivity contribution >= 4 is 17.7 Å². The van der Waals surface area contributed by atoms with Crippen LogP contribution >= 0.6 is 11.8 Å². The lowest BCUT2D eigenvalue weighted by molar-refractivity contribution is -0.133. The van der Waals surface area contributed by atoms with E-state index in [-0.39, 0.29) is 24.6 Å². The molecule has 31 heavy (non-hydrogen) atoms. The van der Waals surface area contributed by atoms with Crippen molar-refractivity contribution in [3.63, 3.8) is 0 Å². The minimum Gasteiger partial charge on any atom is -0.394 e. The molecule has 6 nitrogen and oxygen atoms in total. The van der Waals surface area contributed by atoms with E-state index < -0.39 is 11.6 Å². The number of benzene rings is 1. The Morgan fingerprint density at radius 2 is 1.94 bits per heavy atom. The second kappa shape index (κ2) is 11.1. The molecule has 0 spiro atoms. The summed E-state index contributed by atoms with van der Waals surface area (Å²) < 4.78 is 0. The molecule has 0 bridgehead atoms. The summed E-state index contributed by atoms with van der Waals surface area (Å²) in [4.78, 5) is 16.4. The molecule has 1 amide bonds. The zero-order valence-electron chi connectivity index (χ0n) is 18.9. The first-order valence-corrected chi connectivity index (χ1v) is 12.6. The van der Waals surface area contributed by atoms with Gasteiger partial charge < -0.3 is 21.3 Å². The van der Waals surface area contributed by atoms with Crippen LogP contribution in [-0.2, 0) is 4.79 Å². The molecule has 1 aliphatic carbocycles. The summed E-state index contributed by atoms with van der Waals surface area (Å²) in [6.45, 7) is 4.77. The van der Waals surface area contributed by atoms with Crippen molar-refractivity contribution in [1.29, 1.82) is 0 Å². The topological polar surface area (TPSA) is 98.8 Å². The van der Waals surface area contributed by atoms with Crippen molar-refractivity contribution in [3.8, 4) is 0 Å². The van der Waals surface area contributed by atoms with Gasteiger partial charge in [-0.25, -0.2) is 0 Å². The average molecular weight is 450 g/mol. The largest absolute Gasteiger partial charge is 0.394 e. The van der Waals surface area contributed by atoms with Gasteiger partial charge in [0.25, 0.3) is 0 Å². The van der Waals surface area contributed by atoms with E-state index in [0.717, 1.165) is 17.9 Å². The molecule has 174 valence electrons. The summed E-state index contributed by atoms with van der Waals surface area (Å²) in [6.07, 6.45) is 4.99. The van der Waals surface area contributed by atoms with Crippen molar-refractivity contribution in [1.82, 2.24) is 10.2 Å². The Morgan fingerprint density at radius 1 is 1.26 bits per heavy atom. The standard InChI is InChI=1S/C24H39N3O3S/c1-24(2,16-28)26-23(30)21-12-17-8-6-7-9-18(17)13-27(21)14-22(29)20(25)15-31-19-10-4-3-5-11-19/h3-5,10-11,17-18,20-22,28-29H,6-9,12-16,25H2,1-2H3,(H,26,30)/t17?,18?,20?,21-,22?/m0/s1. The molecule has 1 aliphatic heterocycles. The van der Waals surface area contributed by atoms with Gasteiger partial charge in [-0.1, -0.05) is 37.5 Å². The van der Waals surface area contributed by atoms with Gasteiger partial charge in [0.15, 0.2) is 0 Å². The van der Waals surface area contributed by atoms with Crippen LogP contribution in [-0.4, -0.2) is 70.2 Å². The van der Waals surface area contributed by atoms with Crippen LogP contribution in [0.15, 0.2) is 35.2 Å². The maximum atomic E-state index is 13.1. The van der Waals surface area contributed by atoms with Crippen LogP contribution in [0.25, 0.3) is 0 Å². The fourth-order valence-corrected chi connectivity index (χ4v) is 5.78. The lowest BCUT2D eigenvalue weighted by Crippen LogP contribution is -2.60. The molecule has 0 aromatic heterocycles. The normalized spacial score (nSPS) is 26.7. The summed E-state index contributed by atoms with van der Waals surface area (Å²) in [5.74, 6) is 1.73. The van der Waals surface area contributed by atoms with Gasteiger partial charge >= 0.3 is 0 Å². The molecule has 2 aliphatic rings. The number of hydrogen-bond acceptors (Lipinski definition) is 6. The van der Waals surface area contributed by atoms with Crippen molar-refractivity contribution < 1.29 is 15.0 Å². The zero-order chi connectivity index (χ0) is 22.4. The first-order valence-electron chi connectivity index (χ1n) is 11.6. The highest BCUT2D eigenvalue weighted by Crippen LogP contribution is 2.38. The van der Waals surface area contributed by atoms with E-state index in [1.807, 2.05) is 44.2 Å². The van der Waals surface area contributed by atoms with Gasteiger partial charge in [0.05, 0.1) is 24.3 Å². The number of nitrogens with one attached hydrogen (secondary N) is 1. The number of piperidine rings is 1. The van der Waals surface area contributed by atoms with Crippen molar-refractivity contribution in [3.05, 3.63) is 30.3 Å². The maximum absolute atomic E-state index is 13.1. The van der Waals surface area contributed by atoms with Gasteiger partial charge in [0.2, 0.25) is 5.91 Å². The number of likely N-dealkylation sites (tertiary alicyclic amines) is 1. The van der Waals surface area contributed by atoms with Gasteiger partial charge in [-0.15, -0.1) is 11.8 Å². The van der Waals surface area contributed by atoms with E-state index in [0.29, 0.717) is 24.1 Å². The van der Waals surface area contributed by atoms with Crippen LogP contribution < -0.4 is 11.1 Å². The van der Waals surface area contributed by atoms with E-state index in [4.69, 9.17) is 5.73 Å². The molecule has 3 rings (SSSR count). The van der Waals surface area contributed by atoms with Crippen LogP contribution in [0.3, 0.4) is 0 Å². The Kier molecular flexibility index (Phi) is 8.82. The molecule has 4 unspecified atom stereocenters. The highest BCUT2D eigenvalue weighted by molar-refractivity contribution is 7.99. The fraction of sp³-hybridized carbons (Fsp3) is 0.708. The number of aliphatic hydroxyl groups is 2. The molecule has 1 aromatic rings. The molecule has 5 atom stereocenters. The number of nitrogens with two attached hydrogens (primary N) is 1. The minimum atomic E-state index is -0.697. The highest BCUT2D eigenvalue weighted by Gasteiger charge is 2.41. The van der Waals surface area contributed by atoms with Gasteiger partial charge in [0.1, 0.15) is 0 Å². The number of fused-ring (bicyclic) bond motifs is 1. The number of carbonyl (C=O) groups is 1. The second-order valence-corrected chi connectivity index (χ2v) is 11.0. The molecule has 1 aromatic carbocycles. The molecular weight excluding hydrogens is 410 g/mol. The molecule has 1 saturated heterocycles. The fourth-order valence-electron chi connectivity index (χ4n) is 4.83. The first kappa shape index (κ1) is 24.5. The second-order valence-electron chi connectivity index (χ2n) is 9.90. The number of hydrogen-bond donors (Lipinski definition) is 4. The third-order valence-corrected chi connectivity index (χ3v) is 7.92. The van der Waals surface area contributed by atoms with Crippen molar-refractivity contribution in [2.45, 2.75) is 74.6 Å². The Morgan fingerprint density at radius 3 is 2.61 bits per heavy atom. The maximum Gasteiger partial charge on any atom is 0.237 e. The van der Waals surface area contributed by atoms with Crippen LogP contribution in [0, 0.1) is 11.8 Å². The smallest absolute Gasteiger partial charge is 0.237 e. The van der Waals surface area contributed by atoms with Gasteiger partial charge in [-0.2, -0.15) is 0 Å². The quantitative estimate of drug-likeness (QED) is 0.432. The molecule has 1 saturated carbocycles. The molecule has 1 heterocycles. The number of amides is 1. The number of carbonyl (C=O) groups excluding carboxylic acids is 1. The van der Waals surface area contributed by atoms with Crippen molar-refractivity contribution in [2.24, 2.45) is 17.6 Å². The minimum absolute atomic E-state index is 0.0532. The molecule has 0 radical (unpaired) electrons. The Balaban J connectivity index is 1.63. The van der Waals surface area contributed by atoms with Crippen LogP contribution in [0.2, 0.25) is 0 Å². The summed E-state index contributed by atoms with van der Waals surface area (Å²) >= 11 is 1.64. The van der Waals surface area contributed by atoms with Crippen molar-refractivity contribution in [2.75, 3.05) is 25.4 Å². The number of aliphatic hydroxyl groups excluding tert-OH is 2. The predicted molar refractivity (Wildman–Crippen MR) is 126 cm³/mol. The highest BCUT2D eigenvalue weighted by atomic mass is 32.2. The molecule has 7 heteroatoms.